The maximum atomic E-state index is 12.3. The summed E-state index contributed by atoms with van der Waals surface area (Å²) in [7, 11) is 1.52. The Kier molecular flexibility index (Phi) is 2.18. The van der Waals surface area contributed by atoms with Gasteiger partial charge in [-0.2, -0.15) is 0 Å². The Morgan fingerprint density at radius 1 is 1.30 bits per heavy atom. The summed E-state index contributed by atoms with van der Waals surface area (Å²) >= 11 is 0. The molecule has 0 radical (unpaired) electrons. The summed E-state index contributed by atoms with van der Waals surface area (Å²) in [6.45, 7) is 0. The van der Waals surface area contributed by atoms with Crippen LogP contribution in [-0.2, 0) is 4.79 Å². The lowest BCUT2D eigenvalue weighted by atomic mass is 10.1. The number of fused-ring (bicyclic) bond motifs is 2. The molecule has 0 bridgehead atoms. The van der Waals surface area contributed by atoms with Crippen molar-refractivity contribution in [2.24, 2.45) is 0 Å². The molecule has 5 heteroatoms. The van der Waals surface area contributed by atoms with Gasteiger partial charge in [0.25, 0.3) is 5.91 Å². The molecule has 20 heavy (non-hydrogen) atoms. The minimum absolute atomic E-state index is 0.161. The molecule has 0 atom stereocenters. The van der Waals surface area contributed by atoms with Gasteiger partial charge >= 0.3 is 0 Å². The number of ether oxygens (including phenoxy) is 1. The Balaban J connectivity index is 1.60. The van der Waals surface area contributed by atoms with Gasteiger partial charge in [0.05, 0.1) is 7.11 Å². The third kappa shape index (κ3) is 1.60. The number of allylic oxidation sites excluding steroid dienone is 6. The van der Waals surface area contributed by atoms with E-state index in [1.165, 1.54) is 30.2 Å². The molecule has 0 unspecified atom stereocenters. The van der Waals surface area contributed by atoms with Gasteiger partial charge in [0.2, 0.25) is 5.88 Å². The number of aromatic nitrogens is 2. The van der Waals surface area contributed by atoms with Crippen molar-refractivity contribution >= 4 is 11.7 Å². The molecule has 0 spiro atoms. The van der Waals surface area contributed by atoms with Gasteiger partial charge < -0.3 is 10.1 Å². The first kappa shape index (κ1) is 11.2. The van der Waals surface area contributed by atoms with E-state index in [4.69, 9.17) is 4.74 Å². The molecule has 0 aliphatic heterocycles. The maximum Gasteiger partial charge on any atom is 0.257 e. The summed E-state index contributed by atoms with van der Waals surface area (Å²) in [5, 5.41) is 2.77. The maximum absolute atomic E-state index is 12.3. The molecule has 1 aromatic rings. The molecule has 1 N–H and O–H groups in total. The summed E-state index contributed by atoms with van der Waals surface area (Å²) in [5.41, 5.74) is 5.64. The van der Waals surface area contributed by atoms with Crippen LogP contribution < -0.4 is 10.1 Å². The highest BCUT2D eigenvalue weighted by atomic mass is 16.5. The number of amides is 1. The average Bonchev–Trinajstić information content (AvgIpc) is 2.94. The molecular weight excluding hydrogens is 254 g/mol. The zero-order valence-corrected chi connectivity index (χ0v) is 10.8. The van der Waals surface area contributed by atoms with Gasteiger partial charge in [0.1, 0.15) is 12.1 Å². The Labute approximate surface area is 115 Å². The highest BCUT2D eigenvalue weighted by Crippen LogP contribution is 2.51. The molecule has 1 amide bonds. The molecule has 3 aliphatic rings. The molecule has 0 aromatic carbocycles. The lowest BCUT2D eigenvalue weighted by Crippen LogP contribution is -2.15. The van der Waals surface area contributed by atoms with Crippen molar-refractivity contribution in [1.82, 2.24) is 9.97 Å². The van der Waals surface area contributed by atoms with Crippen LogP contribution in [0.1, 0.15) is 6.42 Å². The van der Waals surface area contributed by atoms with Gasteiger partial charge in [0, 0.05) is 11.6 Å². The van der Waals surface area contributed by atoms with E-state index in [-0.39, 0.29) is 5.91 Å². The van der Waals surface area contributed by atoms with Crippen molar-refractivity contribution in [3.8, 4) is 5.88 Å². The number of anilines is 1. The number of nitrogens with zero attached hydrogens (tertiary/aromatic N) is 2. The number of nitrogens with one attached hydrogen (secondary N) is 1. The van der Waals surface area contributed by atoms with Crippen molar-refractivity contribution in [1.29, 1.82) is 0 Å². The molecule has 0 saturated heterocycles. The van der Waals surface area contributed by atoms with E-state index < -0.39 is 0 Å². The monoisotopic (exact) mass is 265 g/mol. The quantitative estimate of drug-likeness (QED) is 0.907. The van der Waals surface area contributed by atoms with Crippen LogP contribution in [0.2, 0.25) is 0 Å². The molecule has 4 rings (SSSR count). The van der Waals surface area contributed by atoms with Gasteiger partial charge in [-0.25, -0.2) is 9.97 Å². The predicted octanol–water partition coefficient (Wildman–Crippen LogP) is 1.93. The lowest BCUT2D eigenvalue weighted by Gasteiger charge is -2.06. The van der Waals surface area contributed by atoms with Crippen LogP contribution in [0.3, 0.4) is 0 Å². The fourth-order valence-electron chi connectivity index (χ4n) is 2.54. The van der Waals surface area contributed by atoms with E-state index in [1.807, 2.05) is 12.2 Å². The number of hydrogen-bond donors (Lipinski definition) is 1. The lowest BCUT2D eigenvalue weighted by molar-refractivity contribution is -0.112. The Hall–Kier alpha value is -2.69. The highest BCUT2D eigenvalue weighted by molar-refractivity contribution is 6.08. The highest BCUT2D eigenvalue weighted by Gasteiger charge is 2.35. The molecular formula is C15H11N3O2. The average molecular weight is 265 g/mol. The van der Waals surface area contributed by atoms with E-state index in [2.05, 4.69) is 21.4 Å². The minimum atomic E-state index is -0.161. The molecule has 1 aromatic heterocycles. The van der Waals surface area contributed by atoms with Crippen LogP contribution in [0.5, 0.6) is 5.88 Å². The first-order chi connectivity index (χ1) is 9.76. The second-order valence-electron chi connectivity index (χ2n) is 4.80. The van der Waals surface area contributed by atoms with Crippen LogP contribution in [-0.4, -0.2) is 23.0 Å². The van der Waals surface area contributed by atoms with E-state index in [9.17, 15) is 4.79 Å². The number of rotatable bonds is 3. The molecule has 1 saturated carbocycles. The van der Waals surface area contributed by atoms with E-state index >= 15 is 0 Å². The topological polar surface area (TPSA) is 64.1 Å². The van der Waals surface area contributed by atoms with Crippen LogP contribution in [0.15, 0.2) is 58.5 Å². The number of methoxy groups -OCH3 is 1. The molecule has 98 valence electrons. The van der Waals surface area contributed by atoms with Crippen LogP contribution in [0.4, 0.5) is 5.82 Å². The summed E-state index contributed by atoms with van der Waals surface area (Å²) in [6.07, 6.45) is 8.39. The van der Waals surface area contributed by atoms with Gasteiger partial charge in [0.15, 0.2) is 0 Å². The van der Waals surface area contributed by atoms with Crippen LogP contribution >= 0.6 is 0 Å². The fourth-order valence-corrected chi connectivity index (χ4v) is 2.54. The minimum Gasteiger partial charge on any atom is -0.481 e. The Morgan fingerprint density at radius 2 is 2.20 bits per heavy atom. The van der Waals surface area contributed by atoms with Gasteiger partial charge in [-0.1, -0.05) is 6.08 Å². The fraction of sp³-hybridized carbons (Fsp3) is 0.133. The Bertz CT molecular complexity index is 769. The molecule has 1 heterocycles. The second kappa shape index (κ2) is 3.90. The first-order valence-electron chi connectivity index (χ1n) is 6.30. The summed E-state index contributed by atoms with van der Waals surface area (Å²) in [4.78, 5) is 20.2. The van der Waals surface area contributed by atoms with Crippen LogP contribution in [0, 0.1) is 0 Å². The number of carbonyl (C=O) groups excluding carboxylic acids is 1. The van der Waals surface area contributed by atoms with Gasteiger partial charge in [-0.3, -0.25) is 4.79 Å². The Morgan fingerprint density at radius 3 is 3.05 bits per heavy atom. The number of carbonyl (C=O) groups is 1. The van der Waals surface area contributed by atoms with Crippen LogP contribution in [0.25, 0.3) is 0 Å². The van der Waals surface area contributed by atoms with Crippen molar-refractivity contribution in [2.45, 2.75) is 6.42 Å². The molecule has 1 fully saturated rings. The molecule has 3 aliphatic carbocycles. The SMILES string of the molecule is COc1cc(NC(=O)C2=C3C=C4CC4=C3C=C2)ncn1. The zero-order chi connectivity index (χ0) is 13.7. The van der Waals surface area contributed by atoms with Gasteiger partial charge in [-0.15, -0.1) is 0 Å². The third-order valence-electron chi connectivity index (χ3n) is 3.61. The van der Waals surface area contributed by atoms with Crippen molar-refractivity contribution in [3.63, 3.8) is 0 Å². The molecule has 5 nitrogen and oxygen atoms in total. The van der Waals surface area contributed by atoms with E-state index in [0.717, 1.165) is 12.0 Å². The van der Waals surface area contributed by atoms with E-state index in [1.54, 1.807) is 6.07 Å². The third-order valence-corrected chi connectivity index (χ3v) is 3.61. The smallest absolute Gasteiger partial charge is 0.257 e. The summed E-state index contributed by atoms with van der Waals surface area (Å²) in [6, 6.07) is 1.59. The zero-order valence-electron chi connectivity index (χ0n) is 10.8. The largest absolute Gasteiger partial charge is 0.481 e. The van der Waals surface area contributed by atoms with Crippen molar-refractivity contribution in [2.75, 3.05) is 12.4 Å². The predicted molar refractivity (Wildman–Crippen MR) is 73.1 cm³/mol. The first-order valence-corrected chi connectivity index (χ1v) is 6.30. The summed E-state index contributed by atoms with van der Waals surface area (Å²) < 4.78 is 5.01. The van der Waals surface area contributed by atoms with Gasteiger partial charge in [-0.05, 0) is 40.9 Å². The normalized spacial score (nSPS) is 17.9. The van der Waals surface area contributed by atoms with Crippen molar-refractivity contribution < 1.29 is 9.53 Å². The van der Waals surface area contributed by atoms with Crippen molar-refractivity contribution in [3.05, 3.63) is 58.5 Å². The van der Waals surface area contributed by atoms with E-state index in [0.29, 0.717) is 17.3 Å². The summed E-state index contributed by atoms with van der Waals surface area (Å²) in [5.74, 6) is 0.688. The number of hydrogen-bond acceptors (Lipinski definition) is 4. The standard InChI is InChI=1S/C15H11N3O2/c1-20-14-6-13(16-7-17-14)18-15(19)10-3-2-9-11-4-8(11)5-12(9)10/h2-3,5-7H,4H2,1H3,(H,16,17,18,19). The second-order valence-corrected chi connectivity index (χ2v) is 4.80.